The molecule has 0 radical (unpaired) electrons. The summed E-state index contributed by atoms with van der Waals surface area (Å²) in [7, 11) is 1.54. The van der Waals surface area contributed by atoms with E-state index >= 15 is 0 Å². The molecule has 6 heteroatoms. The number of rotatable bonds is 5. The molecule has 0 spiro atoms. The molecular weight excluding hydrogens is 286 g/mol. The zero-order valence-corrected chi connectivity index (χ0v) is 12.8. The van der Waals surface area contributed by atoms with Crippen LogP contribution in [0.5, 0.6) is 11.5 Å². The van der Waals surface area contributed by atoms with Crippen LogP contribution in [0.25, 0.3) is 0 Å². The van der Waals surface area contributed by atoms with E-state index in [2.05, 4.69) is 0 Å². The number of nitrogens with zero attached hydrogens (tertiary/aromatic N) is 1. The number of carboxylic acids is 1. The van der Waals surface area contributed by atoms with Crippen LogP contribution in [0.4, 0.5) is 0 Å². The summed E-state index contributed by atoms with van der Waals surface area (Å²) < 4.78 is 10.7. The molecule has 1 heterocycles. The lowest BCUT2D eigenvalue weighted by molar-refractivity contribution is -0.147. The van der Waals surface area contributed by atoms with Crippen molar-refractivity contribution in [1.29, 1.82) is 0 Å². The van der Waals surface area contributed by atoms with Gasteiger partial charge in [0.2, 0.25) is 0 Å². The van der Waals surface area contributed by atoms with E-state index in [1.54, 1.807) is 23.1 Å². The number of carboxylic acid groups (broad SMARTS) is 1. The lowest BCUT2D eigenvalue weighted by Gasteiger charge is -2.36. The highest BCUT2D eigenvalue weighted by atomic mass is 16.5. The van der Waals surface area contributed by atoms with E-state index in [-0.39, 0.29) is 25.1 Å². The zero-order valence-electron chi connectivity index (χ0n) is 12.8. The first-order chi connectivity index (χ1) is 10.5. The average molecular weight is 307 g/mol. The summed E-state index contributed by atoms with van der Waals surface area (Å²) in [5.74, 6) is -0.491. The highest BCUT2D eigenvalue weighted by Gasteiger charge is 2.32. The Morgan fingerprint density at radius 2 is 1.95 bits per heavy atom. The van der Waals surface area contributed by atoms with E-state index in [1.165, 1.54) is 7.11 Å². The van der Waals surface area contributed by atoms with Gasteiger partial charge in [-0.05, 0) is 31.9 Å². The monoisotopic (exact) mass is 307 g/mol. The number of piperidine rings is 1. The fraction of sp³-hybridized carbons (Fsp3) is 0.500. The topological polar surface area (TPSA) is 76.1 Å². The van der Waals surface area contributed by atoms with Gasteiger partial charge in [0.1, 0.15) is 0 Å². The molecule has 1 aromatic rings. The average Bonchev–Trinajstić information content (AvgIpc) is 2.53. The Kier molecular flexibility index (Phi) is 5.25. The predicted octanol–water partition coefficient (Wildman–Crippen LogP) is 1.79. The molecule has 1 aliphatic heterocycles. The van der Waals surface area contributed by atoms with Crippen LogP contribution in [0.15, 0.2) is 24.3 Å². The van der Waals surface area contributed by atoms with Gasteiger partial charge < -0.3 is 19.5 Å². The number of likely N-dealkylation sites (tertiary alicyclic amines) is 1. The van der Waals surface area contributed by atoms with Crippen molar-refractivity contribution in [2.75, 3.05) is 20.3 Å². The second-order valence-corrected chi connectivity index (χ2v) is 5.45. The van der Waals surface area contributed by atoms with Gasteiger partial charge in [-0.2, -0.15) is 0 Å². The minimum atomic E-state index is -0.852. The van der Waals surface area contributed by atoms with E-state index in [1.807, 2.05) is 13.0 Å². The van der Waals surface area contributed by atoms with Gasteiger partial charge in [0.25, 0.3) is 5.91 Å². The Morgan fingerprint density at radius 1 is 1.27 bits per heavy atom. The molecule has 2 rings (SSSR count). The van der Waals surface area contributed by atoms with Crippen molar-refractivity contribution in [1.82, 2.24) is 4.90 Å². The van der Waals surface area contributed by atoms with Crippen LogP contribution in [-0.2, 0) is 9.59 Å². The highest BCUT2D eigenvalue weighted by Crippen LogP contribution is 2.26. The van der Waals surface area contributed by atoms with Crippen molar-refractivity contribution in [3.05, 3.63) is 24.3 Å². The van der Waals surface area contributed by atoms with Gasteiger partial charge in [-0.3, -0.25) is 9.59 Å². The second kappa shape index (κ2) is 7.15. The molecule has 6 nitrogen and oxygen atoms in total. The summed E-state index contributed by atoms with van der Waals surface area (Å²) >= 11 is 0. The maximum atomic E-state index is 12.3. The third-order valence-corrected chi connectivity index (χ3v) is 3.97. The largest absolute Gasteiger partial charge is 0.493 e. The first-order valence-corrected chi connectivity index (χ1v) is 7.31. The van der Waals surface area contributed by atoms with Gasteiger partial charge in [-0.1, -0.05) is 12.1 Å². The minimum absolute atomic E-state index is 0.0318. The number of methoxy groups -OCH3 is 1. The molecule has 1 N–H and O–H groups in total. The number of para-hydroxylation sites is 2. The standard InChI is InChI=1S/C16H21NO5/c1-11-7-8-12(16(19)20)9-17(11)15(18)10-22-14-6-4-3-5-13(14)21-2/h3-6,11-12H,7-10H2,1-2H3,(H,19,20). The molecule has 22 heavy (non-hydrogen) atoms. The number of benzene rings is 1. The number of aliphatic carboxylic acids is 1. The normalized spacial score (nSPS) is 21.3. The molecule has 1 aliphatic rings. The Morgan fingerprint density at radius 3 is 2.59 bits per heavy atom. The number of amides is 1. The Balaban J connectivity index is 1.97. The van der Waals surface area contributed by atoms with Crippen molar-refractivity contribution in [3.63, 3.8) is 0 Å². The van der Waals surface area contributed by atoms with Crippen molar-refractivity contribution >= 4 is 11.9 Å². The molecule has 0 aromatic heterocycles. The quantitative estimate of drug-likeness (QED) is 0.897. The van der Waals surface area contributed by atoms with Crippen LogP contribution < -0.4 is 9.47 Å². The van der Waals surface area contributed by atoms with E-state index in [4.69, 9.17) is 14.6 Å². The molecule has 1 amide bonds. The second-order valence-electron chi connectivity index (χ2n) is 5.45. The molecule has 120 valence electrons. The number of carbonyl (C=O) groups is 2. The summed E-state index contributed by atoms with van der Waals surface area (Å²) in [4.78, 5) is 25.0. The Labute approximate surface area is 129 Å². The van der Waals surface area contributed by atoms with Gasteiger partial charge in [0, 0.05) is 12.6 Å². The maximum Gasteiger partial charge on any atom is 0.308 e. The van der Waals surface area contributed by atoms with Crippen LogP contribution >= 0.6 is 0 Å². The Bertz CT molecular complexity index is 545. The summed E-state index contributed by atoms with van der Waals surface area (Å²) in [6.07, 6.45) is 1.30. The number of ether oxygens (including phenoxy) is 2. The molecular formula is C16H21NO5. The smallest absolute Gasteiger partial charge is 0.308 e. The lowest BCUT2D eigenvalue weighted by atomic mass is 9.93. The Hall–Kier alpha value is -2.24. The van der Waals surface area contributed by atoms with Crippen LogP contribution in [0.1, 0.15) is 19.8 Å². The number of hydrogen-bond donors (Lipinski definition) is 1. The van der Waals surface area contributed by atoms with Crippen LogP contribution in [0, 0.1) is 5.92 Å². The van der Waals surface area contributed by atoms with Gasteiger partial charge in [0.15, 0.2) is 18.1 Å². The molecule has 1 aromatic carbocycles. The molecule has 2 unspecified atom stereocenters. The van der Waals surface area contributed by atoms with Gasteiger partial charge >= 0.3 is 5.97 Å². The van der Waals surface area contributed by atoms with Gasteiger partial charge in [-0.15, -0.1) is 0 Å². The maximum absolute atomic E-state index is 12.3. The van der Waals surface area contributed by atoms with Crippen LogP contribution in [0.2, 0.25) is 0 Å². The van der Waals surface area contributed by atoms with Crippen LogP contribution in [-0.4, -0.2) is 48.2 Å². The lowest BCUT2D eigenvalue weighted by Crippen LogP contribution is -2.49. The summed E-state index contributed by atoms with van der Waals surface area (Å²) in [6.45, 7) is 2.04. The fourth-order valence-corrected chi connectivity index (χ4v) is 2.62. The highest BCUT2D eigenvalue weighted by molar-refractivity contribution is 5.79. The summed E-state index contributed by atoms with van der Waals surface area (Å²) in [6, 6.07) is 7.13. The predicted molar refractivity (Wildman–Crippen MR) is 80.0 cm³/mol. The van der Waals surface area contributed by atoms with E-state index in [9.17, 15) is 9.59 Å². The minimum Gasteiger partial charge on any atom is -0.493 e. The molecule has 0 bridgehead atoms. The van der Waals surface area contributed by atoms with E-state index in [0.29, 0.717) is 24.3 Å². The summed E-state index contributed by atoms with van der Waals surface area (Å²) in [5, 5.41) is 9.11. The first kappa shape index (κ1) is 16.1. The van der Waals surface area contributed by atoms with Gasteiger partial charge in [0.05, 0.1) is 13.0 Å². The van der Waals surface area contributed by atoms with Crippen molar-refractivity contribution in [2.45, 2.75) is 25.8 Å². The number of hydrogen-bond acceptors (Lipinski definition) is 4. The van der Waals surface area contributed by atoms with E-state index < -0.39 is 11.9 Å². The number of carbonyl (C=O) groups excluding carboxylic acids is 1. The third kappa shape index (κ3) is 3.69. The van der Waals surface area contributed by atoms with E-state index in [0.717, 1.165) is 0 Å². The fourth-order valence-electron chi connectivity index (χ4n) is 2.62. The zero-order chi connectivity index (χ0) is 16.1. The summed E-state index contributed by atoms with van der Waals surface area (Å²) in [5.41, 5.74) is 0. The van der Waals surface area contributed by atoms with Crippen LogP contribution in [0.3, 0.4) is 0 Å². The van der Waals surface area contributed by atoms with Gasteiger partial charge in [-0.25, -0.2) is 0 Å². The van der Waals surface area contributed by atoms with Crippen molar-refractivity contribution in [3.8, 4) is 11.5 Å². The molecule has 2 atom stereocenters. The molecule has 0 saturated carbocycles. The third-order valence-electron chi connectivity index (χ3n) is 3.97. The molecule has 1 fully saturated rings. The van der Waals surface area contributed by atoms with Crippen molar-refractivity contribution in [2.24, 2.45) is 5.92 Å². The SMILES string of the molecule is COc1ccccc1OCC(=O)N1CC(C(=O)O)CCC1C. The first-order valence-electron chi connectivity index (χ1n) is 7.31. The molecule has 1 saturated heterocycles. The molecule has 0 aliphatic carbocycles. The van der Waals surface area contributed by atoms with Crippen molar-refractivity contribution < 1.29 is 24.2 Å².